The highest BCUT2D eigenvalue weighted by Crippen LogP contribution is 2.37. The van der Waals surface area contributed by atoms with Crippen molar-refractivity contribution in [1.29, 1.82) is 0 Å². The molecular formula is C15H16Cl2N2O2S. The number of sulfonamides is 1. The van der Waals surface area contributed by atoms with Gasteiger partial charge in [0.25, 0.3) is 0 Å². The van der Waals surface area contributed by atoms with Crippen LogP contribution in [0.4, 0.5) is 0 Å². The molecule has 3 rings (SSSR count). The monoisotopic (exact) mass is 358 g/mol. The van der Waals surface area contributed by atoms with Gasteiger partial charge in [-0.2, -0.15) is 4.31 Å². The Bertz CT molecular complexity index is 781. The predicted octanol–water partition coefficient (Wildman–Crippen LogP) is 3.86. The van der Waals surface area contributed by atoms with Crippen LogP contribution in [0.1, 0.15) is 24.6 Å². The topological polar surface area (TPSA) is 42.3 Å². The Labute approximate surface area is 140 Å². The number of hydrogen-bond acceptors (Lipinski definition) is 2. The van der Waals surface area contributed by atoms with Crippen molar-refractivity contribution in [2.75, 3.05) is 6.54 Å². The number of rotatable bonds is 3. The summed E-state index contributed by atoms with van der Waals surface area (Å²) in [7, 11) is -1.70. The maximum Gasteiger partial charge on any atom is 0.243 e. The average Bonchev–Trinajstić information content (AvgIpc) is 3.05. The fourth-order valence-electron chi connectivity index (χ4n) is 2.96. The Morgan fingerprint density at radius 2 is 1.86 bits per heavy atom. The minimum atomic E-state index is -3.62. The first-order chi connectivity index (χ1) is 10.4. The molecule has 1 fully saturated rings. The summed E-state index contributed by atoms with van der Waals surface area (Å²) >= 11 is 11.9. The van der Waals surface area contributed by atoms with Crippen molar-refractivity contribution in [3.63, 3.8) is 0 Å². The SMILES string of the molecule is Cn1cccc1[C@H]1CCCN1S(=O)(=O)c1cc(Cl)cc(Cl)c1. The first-order valence-electron chi connectivity index (χ1n) is 6.99. The Balaban J connectivity index is 2.02. The van der Waals surface area contributed by atoms with Crippen molar-refractivity contribution in [3.05, 3.63) is 52.3 Å². The van der Waals surface area contributed by atoms with E-state index in [1.807, 2.05) is 29.9 Å². The van der Waals surface area contributed by atoms with Gasteiger partial charge < -0.3 is 4.57 Å². The first-order valence-corrected chi connectivity index (χ1v) is 9.18. The molecule has 2 heterocycles. The second-order valence-corrected chi connectivity index (χ2v) is 8.19. The molecule has 2 aromatic rings. The molecule has 0 amide bonds. The smallest absolute Gasteiger partial charge is 0.243 e. The van der Waals surface area contributed by atoms with Crippen LogP contribution in [0.15, 0.2) is 41.4 Å². The number of aromatic nitrogens is 1. The lowest BCUT2D eigenvalue weighted by molar-refractivity contribution is 0.384. The van der Waals surface area contributed by atoms with Crippen molar-refractivity contribution in [2.45, 2.75) is 23.8 Å². The summed E-state index contributed by atoms with van der Waals surface area (Å²) in [6.07, 6.45) is 3.57. The number of halogens is 2. The lowest BCUT2D eigenvalue weighted by Gasteiger charge is -2.25. The van der Waals surface area contributed by atoms with Crippen molar-refractivity contribution < 1.29 is 8.42 Å². The fourth-order valence-corrected chi connectivity index (χ4v) is 5.35. The van der Waals surface area contributed by atoms with Crippen LogP contribution in [0.2, 0.25) is 10.0 Å². The molecule has 22 heavy (non-hydrogen) atoms. The number of hydrogen-bond donors (Lipinski definition) is 0. The van der Waals surface area contributed by atoms with Crippen LogP contribution in [0, 0.1) is 0 Å². The van der Waals surface area contributed by atoms with Crippen LogP contribution in [0.25, 0.3) is 0 Å². The third-order valence-corrected chi connectivity index (χ3v) is 6.29. The highest BCUT2D eigenvalue weighted by Gasteiger charge is 2.37. The van der Waals surface area contributed by atoms with E-state index in [-0.39, 0.29) is 10.9 Å². The minimum absolute atomic E-state index is 0.145. The third kappa shape index (κ3) is 2.78. The van der Waals surface area contributed by atoms with Crippen LogP contribution in [0.3, 0.4) is 0 Å². The summed E-state index contributed by atoms with van der Waals surface area (Å²) in [5.74, 6) is 0. The van der Waals surface area contributed by atoms with E-state index in [0.717, 1.165) is 18.5 Å². The molecule has 1 aromatic heterocycles. The van der Waals surface area contributed by atoms with Crippen LogP contribution in [0.5, 0.6) is 0 Å². The molecule has 7 heteroatoms. The molecule has 0 radical (unpaired) electrons. The van der Waals surface area contributed by atoms with Crippen LogP contribution in [-0.4, -0.2) is 23.8 Å². The highest BCUT2D eigenvalue weighted by atomic mass is 35.5. The maximum atomic E-state index is 13.0. The Kier molecular flexibility index (Phi) is 4.25. The maximum absolute atomic E-state index is 13.0. The van der Waals surface area contributed by atoms with Gasteiger partial charge in [0.2, 0.25) is 10.0 Å². The molecular weight excluding hydrogens is 343 g/mol. The van der Waals surface area contributed by atoms with Gasteiger partial charge in [-0.05, 0) is 43.2 Å². The fraction of sp³-hybridized carbons (Fsp3) is 0.333. The molecule has 0 bridgehead atoms. The van der Waals surface area contributed by atoms with E-state index in [1.165, 1.54) is 18.2 Å². The van der Waals surface area contributed by atoms with E-state index in [9.17, 15) is 8.42 Å². The summed E-state index contributed by atoms with van der Waals surface area (Å²) in [5, 5.41) is 0.640. The summed E-state index contributed by atoms with van der Waals surface area (Å²) in [5.41, 5.74) is 0.995. The van der Waals surface area contributed by atoms with Crippen molar-refractivity contribution in [1.82, 2.24) is 8.87 Å². The number of aryl methyl sites for hydroxylation is 1. The number of benzene rings is 1. The van der Waals surface area contributed by atoms with Gasteiger partial charge in [-0.1, -0.05) is 23.2 Å². The summed E-state index contributed by atoms with van der Waals surface area (Å²) in [4.78, 5) is 0.145. The van der Waals surface area contributed by atoms with E-state index < -0.39 is 10.0 Å². The quantitative estimate of drug-likeness (QED) is 0.835. The predicted molar refractivity (Wildman–Crippen MR) is 87.7 cm³/mol. The van der Waals surface area contributed by atoms with E-state index in [0.29, 0.717) is 16.6 Å². The van der Waals surface area contributed by atoms with E-state index in [4.69, 9.17) is 23.2 Å². The van der Waals surface area contributed by atoms with Gasteiger partial charge in [0, 0.05) is 35.5 Å². The van der Waals surface area contributed by atoms with Crippen molar-refractivity contribution in [2.24, 2.45) is 7.05 Å². The molecule has 0 aliphatic carbocycles. The number of nitrogens with zero attached hydrogens (tertiary/aromatic N) is 2. The Morgan fingerprint density at radius 1 is 1.18 bits per heavy atom. The molecule has 118 valence electrons. The van der Waals surface area contributed by atoms with Crippen molar-refractivity contribution in [3.8, 4) is 0 Å². The van der Waals surface area contributed by atoms with Gasteiger partial charge >= 0.3 is 0 Å². The van der Waals surface area contributed by atoms with Gasteiger partial charge in [-0.3, -0.25) is 0 Å². The van der Waals surface area contributed by atoms with E-state index in [2.05, 4.69) is 0 Å². The Morgan fingerprint density at radius 3 is 2.45 bits per heavy atom. The molecule has 1 saturated heterocycles. The minimum Gasteiger partial charge on any atom is -0.353 e. The molecule has 0 saturated carbocycles. The third-order valence-electron chi connectivity index (χ3n) is 3.97. The van der Waals surface area contributed by atoms with Gasteiger partial charge in [-0.15, -0.1) is 0 Å². The molecule has 0 spiro atoms. The zero-order valence-corrected chi connectivity index (χ0v) is 14.4. The van der Waals surface area contributed by atoms with Gasteiger partial charge in [-0.25, -0.2) is 8.42 Å². The lowest BCUT2D eigenvalue weighted by Crippen LogP contribution is -2.31. The summed E-state index contributed by atoms with van der Waals surface area (Å²) < 4.78 is 29.4. The van der Waals surface area contributed by atoms with Crippen LogP contribution >= 0.6 is 23.2 Å². The molecule has 0 unspecified atom stereocenters. The zero-order valence-electron chi connectivity index (χ0n) is 12.0. The molecule has 1 atom stereocenters. The molecule has 0 N–H and O–H groups in total. The second-order valence-electron chi connectivity index (χ2n) is 5.42. The Hall–Kier alpha value is -1.01. The first kappa shape index (κ1) is 15.9. The molecule has 1 aliphatic heterocycles. The van der Waals surface area contributed by atoms with Gasteiger partial charge in [0.1, 0.15) is 0 Å². The van der Waals surface area contributed by atoms with Gasteiger partial charge in [0.05, 0.1) is 10.9 Å². The highest BCUT2D eigenvalue weighted by molar-refractivity contribution is 7.89. The average molecular weight is 359 g/mol. The summed E-state index contributed by atoms with van der Waals surface area (Å²) in [6.45, 7) is 0.502. The molecule has 4 nitrogen and oxygen atoms in total. The van der Waals surface area contributed by atoms with Crippen LogP contribution in [-0.2, 0) is 17.1 Å². The molecule has 1 aliphatic rings. The van der Waals surface area contributed by atoms with Gasteiger partial charge in [0.15, 0.2) is 0 Å². The van der Waals surface area contributed by atoms with Crippen molar-refractivity contribution >= 4 is 33.2 Å². The largest absolute Gasteiger partial charge is 0.353 e. The second kappa shape index (κ2) is 5.89. The zero-order chi connectivity index (χ0) is 15.9. The lowest BCUT2D eigenvalue weighted by atomic mass is 10.1. The molecule has 1 aromatic carbocycles. The standard InChI is InChI=1S/C15H16Cl2N2O2S/c1-18-6-2-4-14(18)15-5-3-7-19(15)22(20,21)13-9-11(16)8-12(17)10-13/h2,4,6,8-10,15H,3,5,7H2,1H3/t15-/m1/s1. The van der Waals surface area contributed by atoms with E-state index in [1.54, 1.807) is 4.31 Å². The normalized spacial score (nSPS) is 19.7. The van der Waals surface area contributed by atoms with E-state index >= 15 is 0 Å². The summed E-state index contributed by atoms with van der Waals surface area (Å²) in [6, 6.07) is 8.16. The van der Waals surface area contributed by atoms with Crippen LogP contribution < -0.4 is 0 Å².